The van der Waals surface area contributed by atoms with Crippen LogP contribution in [0.15, 0.2) is 65.7 Å². The number of imidazole rings is 1. The molecule has 2 aromatic heterocycles. The van der Waals surface area contributed by atoms with E-state index in [0.29, 0.717) is 12.3 Å². The minimum atomic E-state index is 0.341. The lowest BCUT2D eigenvalue weighted by molar-refractivity contribution is -0.105. The second-order valence-corrected chi connectivity index (χ2v) is 7.86. The van der Waals surface area contributed by atoms with Gasteiger partial charge in [0.25, 0.3) is 0 Å². The van der Waals surface area contributed by atoms with Crippen molar-refractivity contribution in [2.45, 2.75) is 24.7 Å². The summed E-state index contributed by atoms with van der Waals surface area (Å²) in [6.07, 6.45) is 4.55. The number of rotatable bonds is 6. The normalized spacial score (nSPS) is 11.2. The summed E-state index contributed by atoms with van der Waals surface area (Å²) in [7, 11) is 0. The zero-order chi connectivity index (χ0) is 20.4. The van der Waals surface area contributed by atoms with Crippen molar-refractivity contribution in [2.75, 3.05) is 11.6 Å². The van der Waals surface area contributed by atoms with Crippen molar-refractivity contribution in [1.29, 1.82) is 0 Å². The van der Waals surface area contributed by atoms with Gasteiger partial charge < -0.3 is 5.32 Å². The summed E-state index contributed by atoms with van der Waals surface area (Å²) in [5, 5.41) is 2.77. The maximum Gasteiger partial charge on any atom is 0.211 e. The Morgan fingerprint density at radius 3 is 2.59 bits per heavy atom. The van der Waals surface area contributed by atoms with Gasteiger partial charge >= 0.3 is 0 Å². The van der Waals surface area contributed by atoms with Crippen LogP contribution in [0, 0.1) is 0 Å². The van der Waals surface area contributed by atoms with Crippen LogP contribution in [-0.2, 0) is 4.79 Å². The first kappa shape index (κ1) is 19.2. The third-order valence-corrected chi connectivity index (χ3v) is 5.67. The highest BCUT2D eigenvalue weighted by atomic mass is 32.2. The topological polar surface area (TPSA) is 59.8 Å². The van der Waals surface area contributed by atoms with E-state index in [4.69, 9.17) is 4.98 Å². The Balaban J connectivity index is 2.02. The molecule has 2 aromatic carbocycles. The zero-order valence-corrected chi connectivity index (χ0v) is 17.4. The third-order valence-electron chi connectivity index (χ3n) is 4.89. The molecular formula is C23H22N4OS. The van der Waals surface area contributed by atoms with Crippen LogP contribution in [0.2, 0.25) is 0 Å². The van der Waals surface area contributed by atoms with Crippen LogP contribution in [0.1, 0.15) is 25.3 Å². The average molecular weight is 403 g/mol. The van der Waals surface area contributed by atoms with Crippen LogP contribution in [0.4, 0.5) is 5.69 Å². The molecule has 0 atom stereocenters. The number of fused-ring (bicyclic) bond motifs is 1. The van der Waals surface area contributed by atoms with Gasteiger partial charge in [0.2, 0.25) is 6.41 Å². The Labute approximate surface area is 174 Å². The first-order valence-electron chi connectivity index (χ1n) is 9.45. The maximum atomic E-state index is 10.9. The summed E-state index contributed by atoms with van der Waals surface area (Å²) in [6, 6.07) is 18.2. The molecule has 1 amide bonds. The van der Waals surface area contributed by atoms with E-state index in [2.05, 4.69) is 46.9 Å². The highest BCUT2D eigenvalue weighted by Crippen LogP contribution is 2.34. The number of hydrogen-bond donors (Lipinski definition) is 1. The van der Waals surface area contributed by atoms with Gasteiger partial charge in [-0.2, -0.15) is 0 Å². The second kappa shape index (κ2) is 8.09. The standard InChI is InChI=1S/C23H22N4OS/c1-15(2)18-11-12-24-23-21(18)26-22(16-7-5-4-6-8-16)27(23)17-9-10-19(25-14-28)20(13-17)29-3/h4-15H,1-3H3,(H,25,28). The number of amides is 1. The number of pyridine rings is 1. The average Bonchev–Trinajstić information content (AvgIpc) is 3.14. The molecule has 146 valence electrons. The van der Waals surface area contributed by atoms with Crippen molar-refractivity contribution in [2.24, 2.45) is 0 Å². The molecular weight excluding hydrogens is 380 g/mol. The number of hydrogen-bond acceptors (Lipinski definition) is 4. The van der Waals surface area contributed by atoms with Gasteiger partial charge in [0.1, 0.15) is 11.3 Å². The fraction of sp³-hybridized carbons (Fsp3) is 0.174. The smallest absolute Gasteiger partial charge is 0.211 e. The van der Waals surface area contributed by atoms with E-state index in [1.165, 1.54) is 5.56 Å². The monoisotopic (exact) mass is 402 g/mol. The number of nitrogens with one attached hydrogen (secondary N) is 1. The lowest BCUT2D eigenvalue weighted by Crippen LogP contribution is -2.01. The summed E-state index contributed by atoms with van der Waals surface area (Å²) in [4.78, 5) is 21.6. The number of aromatic nitrogens is 3. The number of benzene rings is 2. The van der Waals surface area contributed by atoms with Crippen molar-refractivity contribution in [1.82, 2.24) is 14.5 Å². The fourth-order valence-electron chi connectivity index (χ4n) is 3.48. The van der Waals surface area contributed by atoms with Crippen LogP contribution in [0.5, 0.6) is 0 Å². The van der Waals surface area contributed by atoms with E-state index < -0.39 is 0 Å². The van der Waals surface area contributed by atoms with Crippen molar-refractivity contribution >= 4 is 35.0 Å². The Morgan fingerprint density at radius 1 is 1.10 bits per heavy atom. The fourth-order valence-corrected chi connectivity index (χ4v) is 4.07. The minimum Gasteiger partial charge on any atom is -0.328 e. The highest BCUT2D eigenvalue weighted by Gasteiger charge is 2.19. The van der Waals surface area contributed by atoms with Gasteiger partial charge in [-0.25, -0.2) is 9.97 Å². The van der Waals surface area contributed by atoms with Crippen molar-refractivity contribution < 1.29 is 4.79 Å². The Kier molecular flexibility index (Phi) is 5.36. The molecule has 0 bridgehead atoms. The molecule has 0 unspecified atom stereocenters. The van der Waals surface area contributed by atoms with Crippen LogP contribution in [-0.4, -0.2) is 27.2 Å². The molecule has 0 saturated heterocycles. The van der Waals surface area contributed by atoms with Crippen molar-refractivity contribution in [3.63, 3.8) is 0 Å². The summed E-state index contributed by atoms with van der Waals surface area (Å²) in [5.41, 5.74) is 5.70. The van der Waals surface area contributed by atoms with Crippen molar-refractivity contribution in [3.8, 4) is 17.1 Å². The van der Waals surface area contributed by atoms with Crippen molar-refractivity contribution in [3.05, 3.63) is 66.4 Å². The number of anilines is 1. The lowest BCUT2D eigenvalue weighted by atomic mass is 10.0. The summed E-state index contributed by atoms with van der Waals surface area (Å²) < 4.78 is 2.10. The highest BCUT2D eigenvalue weighted by molar-refractivity contribution is 7.98. The molecule has 29 heavy (non-hydrogen) atoms. The van der Waals surface area contributed by atoms with Gasteiger partial charge in [-0.3, -0.25) is 9.36 Å². The SMILES string of the molecule is CSc1cc(-n2c(-c3ccccc3)nc3c(C(C)C)ccnc32)ccc1NC=O. The molecule has 1 N–H and O–H groups in total. The van der Waals surface area contributed by atoms with Crippen LogP contribution >= 0.6 is 11.8 Å². The largest absolute Gasteiger partial charge is 0.328 e. The summed E-state index contributed by atoms with van der Waals surface area (Å²) in [6.45, 7) is 4.34. The molecule has 5 nitrogen and oxygen atoms in total. The quantitative estimate of drug-likeness (QED) is 0.342. The molecule has 0 radical (unpaired) electrons. The summed E-state index contributed by atoms with van der Waals surface area (Å²) in [5.74, 6) is 1.19. The number of nitrogens with zero attached hydrogens (tertiary/aromatic N) is 3. The van der Waals surface area contributed by atoms with E-state index in [9.17, 15) is 4.79 Å². The Hall–Kier alpha value is -3.12. The third kappa shape index (κ3) is 3.51. The van der Waals surface area contributed by atoms with E-state index in [0.717, 1.165) is 38.8 Å². The van der Waals surface area contributed by atoms with Crippen LogP contribution in [0.25, 0.3) is 28.2 Å². The lowest BCUT2D eigenvalue weighted by Gasteiger charge is -2.13. The van der Waals surface area contributed by atoms with Gasteiger partial charge in [-0.05, 0) is 42.0 Å². The molecule has 2 heterocycles. The molecule has 0 saturated carbocycles. The zero-order valence-electron chi connectivity index (χ0n) is 16.6. The molecule has 0 spiro atoms. The molecule has 0 fully saturated rings. The van der Waals surface area contributed by atoms with Gasteiger partial charge in [-0.15, -0.1) is 11.8 Å². The van der Waals surface area contributed by atoms with Gasteiger partial charge in [0.05, 0.1) is 11.4 Å². The molecule has 0 aliphatic carbocycles. The molecule has 6 heteroatoms. The molecule has 0 aliphatic heterocycles. The molecule has 0 aliphatic rings. The number of thioether (sulfide) groups is 1. The number of carbonyl (C=O) groups is 1. The summed E-state index contributed by atoms with van der Waals surface area (Å²) >= 11 is 1.59. The molecule has 4 aromatic rings. The van der Waals surface area contributed by atoms with E-state index >= 15 is 0 Å². The van der Waals surface area contributed by atoms with Gasteiger partial charge in [0.15, 0.2) is 5.65 Å². The molecule has 4 rings (SSSR count). The van der Waals surface area contributed by atoms with E-state index in [1.54, 1.807) is 11.8 Å². The van der Waals surface area contributed by atoms with E-state index in [-0.39, 0.29) is 0 Å². The van der Waals surface area contributed by atoms with Crippen LogP contribution in [0.3, 0.4) is 0 Å². The van der Waals surface area contributed by atoms with Gasteiger partial charge in [0, 0.05) is 16.7 Å². The first-order valence-corrected chi connectivity index (χ1v) is 10.7. The Morgan fingerprint density at radius 2 is 1.90 bits per heavy atom. The maximum absolute atomic E-state index is 10.9. The first-order chi connectivity index (χ1) is 14.1. The van der Waals surface area contributed by atoms with E-state index in [1.807, 2.05) is 48.9 Å². The van der Waals surface area contributed by atoms with Crippen LogP contribution < -0.4 is 5.32 Å². The Bertz CT molecular complexity index is 1170. The predicted octanol–water partition coefficient (Wildman–Crippen LogP) is 5.50. The van der Waals surface area contributed by atoms with Gasteiger partial charge in [-0.1, -0.05) is 44.2 Å². The predicted molar refractivity (Wildman–Crippen MR) is 120 cm³/mol. The second-order valence-electron chi connectivity index (χ2n) is 7.01. The minimum absolute atomic E-state index is 0.341. The number of carbonyl (C=O) groups excluding carboxylic acids is 1.